The second-order valence-corrected chi connectivity index (χ2v) is 2.58. The van der Waals surface area contributed by atoms with Crippen LogP contribution in [0.2, 0.25) is 0 Å². The average Bonchev–Trinajstić information content (AvgIpc) is 2.14. The van der Waals surface area contributed by atoms with E-state index in [0.717, 1.165) is 13.1 Å². The maximum absolute atomic E-state index is 8.70. The minimum absolute atomic E-state index is 0.341. The van der Waals surface area contributed by atoms with E-state index in [9.17, 15) is 0 Å². The van der Waals surface area contributed by atoms with Gasteiger partial charge in [0.25, 0.3) is 0 Å². The molecule has 1 aliphatic heterocycles. The molecule has 2 atom stereocenters. The molecule has 2 unspecified atom stereocenters. The first-order valence-corrected chi connectivity index (χ1v) is 3.16. The van der Waals surface area contributed by atoms with Gasteiger partial charge in [0, 0.05) is 13.2 Å². The van der Waals surface area contributed by atoms with Crippen molar-refractivity contribution in [2.75, 3.05) is 19.7 Å². The van der Waals surface area contributed by atoms with Gasteiger partial charge in [-0.05, 0) is 18.4 Å². The molecule has 0 spiro atoms. The molecule has 2 nitrogen and oxygen atoms in total. The summed E-state index contributed by atoms with van der Waals surface area (Å²) in [5.74, 6) is 1.18. The summed E-state index contributed by atoms with van der Waals surface area (Å²) in [6.07, 6.45) is 0. The molecule has 1 rings (SSSR count). The molecule has 0 saturated carbocycles. The lowest BCUT2D eigenvalue weighted by Crippen LogP contribution is -2.13. The number of nitrogens with one attached hydrogen (secondary N) is 1. The van der Waals surface area contributed by atoms with Crippen LogP contribution in [0.25, 0.3) is 0 Å². The van der Waals surface area contributed by atoms with Crippen LogP contribution in [-0.4, -0.2) is 24.8 Å². The molecule has 0 aromatic heterocycles. The van der Waals surface area contributed by atoms with Crippen molar-refractivity contribution in [1.82, 2.24) is 5.32 Å². The minimum Gasteiger partial charge on any atom is -0.396 e. The van der Waals surface area contributed by atoms with Crippen molar-refractivity contribution >= 4 is 0 Å². The first kappa shape index (κ1) is 6.05. The molecule has 1 aliphatic rings. The summed E-state index contributed by atoms with van der Waals surface area (Å²) in [5.41, 5.74) is 0. The van der Waals surface area contributed by atoms with Crippen LogP contribution in [0.4, 0.5) is 0 Å². The number of aliphatic hydroxyl groups excluding tert-OH is 1. The van der Waals surface area contributed by atoms with Gasteiger partial charge in [-0.15, -0.1) is 0 Å². The van der Waals surface area contributed by atoms with Gasteiger partial charge < -0.3 is 10.4 Å². The number of aliphatic hydroxyl groups is 1. The number of hydrogen-bond donors (Lipinski definition) is 2. The highest BCUT2D eigenvalue weighted by Crippen LogP contribution is 2.13. The van der Waals surface area contributed by atoms with Crippen molar-refractivity contribution < 1.29 is 5.11 Å². The Kier molecular flexibility index (Phi) is 1.86. The Bertz CT molecular complexity index is 74.9. The smallest absolute Gasteiger partial charge is 0.0474 e. The van der Waals surface area contributed by atoms with Crippen LogP contribution < -0.4 is 5.32 Å². The van der Waals surface area contributed by atoms with Crippen molar-refractivity contribution in [3.63, 3.8) is 0 Å². The van der Waals surface area contributed by atoms with Crippen LogP contribution in [0.15, 0.2) is 0 Å². The van der Waals surface area contributed by atoms with Crippen LogP contribution in [0.3, 0.4) is 0 Å². The summed E-state index contributed by atoms with van der Waals surface area (Å²) in [6.45, 7) is 4.58. The molecular formula is C6H13NO. The molecule has 1 fully saturated rings. The Balaban J connectivity index is 2.30. The van der Waals surface area contributed by atoms with E-state index in [-0.39, 0.29) is 0 Å². The second kappa shape index (κ2) is 2.46. The maximum Gasteiger partial charge on any atom is 0.0474 e. The summed E-state index contributed by atoms with van der Waals surface area (Å²) in [6, 6.07) is 0. The normalized spacial score (nSPS) is 38.2. The molecule has 0 aromatic carbocycles. The largest absolute Gasteiger partial charge is 0.396 e. The molecule has 2 N–H and O–H groups in total. The summed E-state index contributed by atoms with van der Waals surface area (Å²) in [7, 11) is 0. The van der Waals surface area contributed by atoms with Gasteiger partial charge in [-0.25, -0.2) is 0 Å². The number of hydrogen-bond acceptors (Lipinski definition) is 2. The zero-order chi connectivity index (χ0) is 5.98. The standard InChI is InChI=1S/C6H13NO/c1-5-2-7-3-6(5)4-8/h5-8H,2-4H2,1H3. The molecule has 8 heavy (non-hydrogen) atoms. The van der Waals surface area contributed by atoms with E-state index in [1.807, 2.05) is 0 Å². The van der Waals surface area contributed by atoms with Crippen LogP contribution in [-0.2, 0) is 0 Å². The van der Waals surface area contributed by atoms with Crippen LogP contribution in [0.5, 0.6) is 0 Å². The van der Waals surface area contributed by atoms with Crippen LogP contribution in [0.1, 0.15) is 6.92 Å². The van der Waals surface area contributed by atoms with Gasteiger partial charge in [0.05, 0.1) is 0 Å². The van der Waals surface area contributed by atoms with E-state index >= 15 is 0 Å². The molecule has 0 aliphatic carbocycles. The fourth-order valence-corrected chi connectivity index (χ4v) is 1.11. The van der Waals surface area contributed by atoms with E-state index in [0.29, 0.717) is 18.4 Å². The van der Waals surface area contributed by atoms with Crippen LogP contribution in [0, 0.1) is 11.8 Å². The molecular weight excluding hydrogens is 102 g/mol. The molecule has 1 heterocycles. The van der Waals surface area contributed by atoms with Crippen molar-refractivity contribution in [1.29, 1.82) is 0 Å². The van der Waals surface area contributed by atoms with Gasteiger partial charge in [0.1, 0.15) is 0 Å². The molecule has 1 saturated heterocycles. The quantitative estimate of drug-likeness (QED) is 0.497. The monoisotopic (exact) mass is 115 g/mol. The topological polar surface area (TPSA) is 32.3 Å². The maximum atomic E-state index is 8.70. The highest BCUT2D eigenvalue weighted by atomic mass is 16.3. The van der Waals surface area contributed by atoms with Crippen molar-refractivity contribution in [3.8, 4) is 0 Å². The third-order valence-electron chi connectivity index (χ3n) is 1.91. The Morgan fingerprint density at radius 1 is 1.62 bits per heavy atom. The highest BCUT2D eigenvalue weighted by Gasteiger charge is 2.21. The van der Waals surface area contributed by atoms with E-state index in [1.54, 1.807) is 0 Å². The van der Waals surface area contributed by atoms with Gasteiger partial charge >= 0.3 is 0 Å². The van der Waals surface area contributed by atoms with E-state index in [4.69, 9.17) is 5.11 Å². The van der Waals surface area contributed by atoms with E-state index < -0.39 is 0 Å². The van der Waals surface area contributed by atoms with Gasteiger partial charge in [0.2, 0.25) is 0 Å². The lowest BCUT2D eigenvalue weighted by atomic mass is 10.00. The van der Waals surface area contributed by atoms with Gasteiger partial charge in [-0.2, -0.15) is 0 Å². The zero-order valence-corrected chi connectivity index (χ0v) is 5.22. The number of rotatable bonds is 1. The Morgan fingerprint density at radius 2 is 2.38 bits per heavy atom. The Labute approximate surface area is 49.9 Å². The van der Waals surface area contributed by atoms with Crippen molar-refractivity contribution in [2.45, 2.75) is 6.92 Å². The summed E-state index contributed by atoms with van der Waals surface area (Å²) < 4.78 is 0. The van der Waals surface area contributed by atoms with Gasteiger partial charge in [-0.1, -0.05) is 6.92 Å². The second-order valence-electron chi connectivity index (χ2n) is 2.58. The summed E-state index contributed by atoms with van der Waals surface area (Å²) in [5, 5.41) is 11.9. The van der Waals surface area contributed by atoms with Gasteiger partial charge in [-0.3, -0.25) is 0 Å². The summed E-state index contributed by atoms with van der Waals surface area (Å²) >= 11 is 0. The Hall–Kier alpha value is -0.0800. The molecule has 0 amide bonds. The lowest BCUT2D eigenvalue weighted by molar-refractivity contribution is 0.212. The third kappa shape index (κ3) is 1.01. The SMILES string of the molecule is CC1CNCC1CO. The van der Waals surface area contributed by atoms with E-state index in [1.165, 1.54) is 0 Å². The van der Waals surface area contributed by atoms with Crippen LogP contribution >= 0.6 is 0 Å². The Morgan fingerprint density at radius 3 is 2.62 bits per heavy atom. The fourth-order valence-electron chi connectivity index (χ4n) is 1.11. The molecule has 0 radical (unpaired) electrons. The van der Waals surface area contributed by atoms with Gasteiger partial charge in [0.15, 0.2) is 0 Å². The first-order valence-electron chi connectivity index (χ1n) is 3.16. The zero-order valence-electron chi connectivity index (χ0n) is 5.22. The lowest BCUT2D eigenvalue weighted by Gasteiger charge is -2.07. The molecule has 2 heteroatoms. The first-order chi connectivity index (χ1) is 3.84. The molecule has 0 aromatic rings. The predicted octanol–water partition coefficient (Wildman–Crippen LogP) is -0.166. The van der Waals surface area contributed by atoms with Crippen molar-refractivity contribution in [3.05, 3.63) is 0 Å². The third-order valence-corrected chi connectivity index (χ3v) is 1.91. The average molecular weight is 115 g/mol. The molecule has 48 valence electrons. The van der Waals surface area contributed by atoms with E-state index in [2.05, 4.69) is 12.2 Å². The predicted molar refractivity (Wildman–Crippen MR) is 32.6 cm³/mol. The minimum atomic E-state index is 0.341. The fraction of sp³-hybridized carbons (Fsp3) is 1.00. The summed E-state index contributed by atoms with van der Waals surface area (Å²) in [4.78, 5) is 0. The van der Waals surface area contributed by atoms with Crippen molar-refractivity contribution in [2.24, 2.45) is 11.8 Å². The highest BCUT2D eigenvalue weighted by molar-refractivity contribution is 4.76. The molecule has 0 bridgehead atoms.